The topological polar surface area (TPSA) is 56.2 Å². The largest absolute Gasteiger partial charge is 0.456 e. The van der Waals surface area contributed by atoms with Gasteiger partial charge in [0.1, 0.15) is 16.2 Å². The van der Waals surface area contributed by atoms with Gasteiger partial charge in [-0.2, -0.15) is 0 Å². The number of para-hydroxylation sites is 1. The second kappa shape index (κ2) is 6.95. The van der Waals surface area contributed by atoms with E-state index >= 15 is 0 Å². The number of rotatable bonds is 2. The molecule has 4 nitrogen and oxygen atoms in total. The van der Waals surface area contributed by atoms with Gasteiger partial charge < -0.3 is 8.83 Å². The summed E-state index contributed by atoms with van der Waals surface area (Å²) >= 11 is 13.6. The summed E-state index contributed by atoms with van der Waals surface area (Å²) in [7, 11) is 0. The molecule has 3 aromatic heterocycles. The van der Waals surface area contributed by atoms with Crippen LogP contribution in [0.3, 0.4) is 0 Å². The molecule has 0 aliphatic rings. The molecule has 7 heteroatoms. The first-order chi connectivity index (χ1) is 15.1. The predicted octanol–water partition coefficient (Wildman–Crippen LogP) is 7.79. The van der Waals surface area contributed by atoms with E-state index in [4.69, 9.17) is 37.0 Å². The van der Waals surface area contributed by atoms with E-state index in [1.54, 1.807) is 18.2 Å². The minimum atomic E-state index is -0.492. The number of benzene rings is 3. The molecular weight excluding hydrogens is 453 g/mol. The third-order valence-electron chi connectivity index (χ3n) is 5.16. The van der Waals surface area contributed by atoms with Crippen LogP contribution in [0, 0.1) is 0 Å². The molecule has 0 saturated heterocycles. The minimum absolute atomic E-state index is 0.298. The Morgan fingerprint density at radius 2 is 1.71 bits per heavy atom. The molecule has 0 spiro atoms. The van der Waals surface area contributed by atoms with Gasteiger partial charge in [0.25, 0.3) is 0 Å². The standard InChI is InChI=1S/C24H11Cl2NO3S/c25-14-7-13-9-17(24(28)30-22(13)18(26)10-14)23-27-19(11-31-23)12-5-6-21-16(8-12)15-3-1-2-4-20(15)29-21/h1-11H. The zero-order chi connectivity index (χ0) is 21.1. The maximum atomic E-state index is 12.6. The molecule has 0 bridgehead atoms. The number of hydrogen-bond acceptors (Lipinski definition) is 5. The van der Waals surface area contributed by atoms with Crippen LogP contribution in [0.4, 0.5) is 0 Å². The molecule has 0 unspecified atom stereocenters. The summed E-state index contributed by atoms with van der Waals surface area (Å²) in [6.07, 6.45) is 0. The predicted molar refractivity (Wildman–Crippen MR) is 126 cm³/mol. The SMILES string of the molecule is O=c1oc2c(Cl)cc(Cl)cc2cc1-c1nc(-c2ccc3oc4ccccc4c3c2)cs1. The third kappa shape index (κ3) is 3.05. The summed E-state index contributed by atoms with van der Waals surface area (Å²) in [4.78, 5) is 17.3. The first kappa shape index (κ1) is 18.6. The number of fused-ring (bicyclic) bond motifs is 4. The normalized spacial score (nSPS) is 11.7. The van der Waals surface area contributed by atoms with Crippen LogP contribution in [0.15, 0.2) is 79.7 Å². The van der Waals surface area contributed by atoms with Gasteiger partial charge in [-0.1, -0.05) is 41.4 Å². The Bertz CT molecular complexity index is 1700. The molecule has 0 radical (unpaired) electrons. The second-order valence-electron chi connectivity index (χ2n) is 7.10. The van der Waals surface area contributed by atoms with E-state index in [1.165, 1.54) is 11.3 Å². The summed E-state index contributed by atoms with van der Waals surface area (Å²) in [6.45, 7) is 0. The molecular formula is C24H11Cl2NO3S. The Balaban J connectivity index is 1.48. The quantitative estimate of drug-likeness (QED) is 0.246. The molecule has 3 heterocycles. The van der Waals surface area contributed by atoms with Gasteiger partial charge in [0, 0.05) is 32.1 Å². The van der Waals surface area contributed by atoms with Crippen molar-refractivity contribution >= 4 is 67.4 Å². The lowest BCUT2D eigenvalue weighted by molar-refractivity contribution is 0.563. The van der Waals surface area contributed by atoms with Gasteiger partial charge in [-0.25, -0.2) is 9.78 Å². The molecule has 3 aromatic carbocycles. The average Bonchev–Trinajstić information content (AvgIpc) is 3.38. The van der Waals surface area contributed by atoms with Crippen molar-refractivity contribution in [2.75, 3.05) is 0 Å². The van der Waals surface area contributed by atoms with E-state index < -0.39 is 5.63 Å². The summed E-state index contributed by atoms with van der Waals surface area (Å²) in [6, 6.07) is 18.9. The van der Waals surface area contributed by atoms with Crippen LogP contribution in [-0.4, -0.2) is 4.98 Å². The van der Waals surface area contributed by atoms with Gasteiger partial charge in [0.05, 0.1) is 16.3 Å². The molecule has 0 aliphatic carbocycles. The van der Waals surface area contributed by atoms with Crippen LogP contribution in [0.25, 0.3) is 54.7 Å². The lowest BCUT2D eigenvalue weighted by Crippen LogP contribution is -2.02. The summed E-state index contributed by atoms with van der Waals surface area (Å²) in [5.41, 5.74) is 3.58. The van der Waals surface area contributed by atoms with E-state index in [0.717, 1.165) is 33.2 Å². The van der Waals surface area contributed by atoms with Crippen molar-refractivity contribution < 1.29 is 8.83 Å². The molecule has 0 aliphatic heterocycles. The lowest BCUT2D eigenvalue weighted by atomic mass is 10.1. The molecule has 31 heavy (non-hydrogen) atoms. The Kier molecular flexibility index (Phi) is 4.18. The number of nitrogens with zero attached hydrogens (tertiary/aromatic N) is 1. The van der Waals surface area contributed by atoms with Crippen molar-refractivity contribution in [2.45, 2.75) is 0 Å². The van der Waals surface area contributed by atoms with Crippen LogP contribution in [-0.2, 0) is 0 Å². The van der Waals surface area contributed by atoms with E-state index in [9.17, 15) is 4.79 Å². The van der Waals surface area contributed by atoms with Crippen LogP contribution >= 0.6 is 34.5 Å². The molecule has 6 aromatic rings. The van der Waals surface area contributed by atoms with Gasteiger partial charge in [-0.15, -0.1) is 11.3 Å². The Morgan fingerprint density at radius 1 is 0.871 bits per heavy atom. The number of hydrogen-bond donors (Lipinski definition) is 0. The van der Waals surface area contributed by atoms with Crippen molar-refractivity contribution in [3.8, 4) is 21.8 Å². The van der Waals surface area contributed by atoms with Gasteiger partial charge in [0.15, 0.2) is 5.58 Å². The van der Waals surface area contributed by atoms with Gasteiger partial charge >= 0.3 is 5.63 Å². The fourth-order valence-corrected chi connectivity index (χ4v) is 5.10. The van der Waals surface area contributed by atoms with E-state index in [2.05, 4.69) is 6.07 Å². The first-order valence-electron chi connectivity index (χ1n) is 9.37. The van der Waals surface area contributed by atoms with Crippen molar-refractivity contribution in [1.29, 1.82) is 0 Å². The van der Waals surface area contributed by atoms with Crippen molar-refractivity contribution in [2.24, 2.45) is 0 Å². The molecule has 150 valence electrons. The van der Waals surface area contributed by atoms with Crippen molar-refractivity contribution in [3.05, 3.63) is 86.5 Å². The van der Waals surface area contributed by atoms with Gasteiger partial charge in [-0.05, 0) is 42.5 Å². The molecule has 6 rings (SSSR count). The van der Waals surface area contributed by atoms with Crippen LogP contribution in [0.2, 0.25) is 10.0 Å². The van der Waals surface area contributed by atoms with Gasteiger partial charge in [0.2, 0.25) is 0 Å². The number of aromatic nitrogens is 1. The van der Waals surface area contributed by atoms with E-state index in [0.29, 0.717) is 31.6 Å². The second-order valence-corrected chi connectivity index (χ2v) is 8.80. The number of furan rings is 1. The Hall–Kier alpha value is -3.12. The van der Waals surface area contributed by atoms with Crippen LogP contribution in [0.1, 0.15) is 0 Å². The van der Waals surface area contributed by atoms with Crippen LogP contribution in [0.5, 0.6) is 0 Å². The van der Waals surface area contributed by atoms with Crippen molar-refractivity contribution in [3.63, 3.8) is 0 Å². The highest BCUT2D eigenvalue weighted by Gasteiger charge is 2.16. The first-order valence-corrected chi connectivity index (χ1v) is 11.0. The third-order valence-corrected chi connectivity index (χ3v) is 6.53. The molecule has 0 amide bonds. The Labute approximate surface area is 189 Å². The minimum Gasteiger partial charge on any atom is -0.456 e. The van der Waals surface area contributed by atoms with Crippen LogP contribution < -0.4 is 5.63 Å². The Morgan fingerprint density at radius 3 is 2.61 bits per heavy atom. The summed E-state index contributed by atoms with van der Waals surface area (Å²) in [5.74, 6) is 0. The maximum absolute atomic E-state index is 12.6. The summed E-state index contributed by atoms with van der Waals surface area (Å²) < 4.78 is 11.4. The average molecular weight is 464 g/mol. The van der Waals surface area contributed by atoms with Gasteiger partial charge in [-0.3, -0.25) is 0 Å². The molecule has 0 N–H and O–H groups in total. The summed E-state index contributed by atoms with van der Waals surface area (Å²) in [5, 5.41) is 5.99. The lowest BCUT2D eigenvalue weighted by Gasteiger charge is -2.02. The highest BCUT2D eigenvalue weighted by molar-refractivity contribution is 7.13. The molecule has 0 atom stereocenters. The fraction of sp³-hybridized carbons (Fsp3) is 0. The van der Waals surface area contributed by atoms with E-state index in [-0.39, 0.29) is 0 Å². The zero-order valence-electron chi connectivity index (χ0n) is 15.7. The number of thiazole rings is 1. The zero-order valence-corrected chi connectivity index (χ0v) is 18.0. The monoisotopic (exact) mass is 463 g/mol. The van der Waals surface area contributed by atoms with Crippen molar-refractivity contribution in [1.82, 2.24) is 4.98 Å². The smallest absolute Gasteiger partial charge is 0.346 e. The van der Waals surface area contributed by atoms with E-state index in [1.807, 2.05) is 41.8 Å². The number of halogens is 2. The molecule has 0 saturated carbocycles. The molecule has 0 fully saturated rings. The fourth-order valence-electron chi connectivity index (χ4n) is 3.72. The maximum Gasteiger partial charge on any atom is 0.346 e. The highest BCUT2D eigenvalue weighted by Crippen LogP contribution is 2.35. The highest BCUT2D eigenvalue weighted by atomic mass is 35.5.